The molecule has 0 aliphatic carbocycles. The minimum atomic E-state index is -0.529. The Morgan fingerprint density at radius 1 is 1.03 bits per heavy atom. The van der Waals surface area contributed by atoms with E-state index in [2.05, 4.69) is 10.3 Å². The van der Waals surface area contributed by atoms with Crippen LogP contribution in [0.2, 0.25) is 0 Å². The highest BCUT2D eigenvalue weighted by molar-refractivity contribution is 14.0. The first-order chi connectivity index (χ1) is 13.5. The fourth-order valence-electron chi connectivity index (χ4n) is 2.89. The minimum absolute atomic E-state index is 0. The number of aliphatic imine (C=N–C) groups is 1. The molecule has 2 aromatic rings. The normalized spacial score (nSPS) is 10.9. The second-order valence-electron chi connectivity index (χ2n) is 6.29. The van der Waals surface area contributed by atoms with Crippen LogP contribution in [0.1, 0.15) is 11.1 Å². The summed E-state index contributed by atoms with van der Waals surface area (Å²) in [5.74, 6) is 0.990. The average Bonchev–Trinajstić information content (AvgIpc) is 2.71. The molecule has 5 nitrogen and oxygen atoms in total. The smallest absolute Gasteiger partial charge is 0.193 e. The van der Waals surface area contributed by atoms with Gasteiger partial charge in [0.15, 0.2) is 17.5 Å². The van der Waals surface area contributed by atoms with E-state index in [0.717, 1.165) is 12.0 Å². The van der Waals surface area contributed by atoms with Crippen molar-refractivity contribution in [3.05, 3.63) is 59.2 Å². The van der Waals surface area contributed by atoms with Gasteiger partial charge in [-0.1, -0.05) is 12.1 Å². The first-order valence-corrected chi connectivity index (χ1v) is 9.05. The van der Waals surface area contributed by atoms with Crippen molar-refractivity contribution in [2.45, 2.75) is 12.8 Å². The molecule has 0 bridgehead atoms. The van der Waals surface area contributed by atoms with Gasteiger partial charge in [0.2, 0.25) is 0 Å². The molecule has 0 atom stereocenters. The van der Waals surface area contributed by atoms with Gasteiger partial charge in [-0.15, -0.1) is 24.0 Å². The SMILES string of the molecule is CN=C(NCCc1c(F)cccc1F)N(C)CCc1ccc(OC)c(OC)c1.I. The molecule has 0 aliphatic heterocycles. The molecule has 160 valence electrons. The Hall–Kier alpha value is -2.10. The summed E-state index contributed by atoms with van der Waals surface area (Å²) < 4.78 is 38.0. The topological polar surface area (TPSA) is 46.1 Å². The molecular formula is C21H28F2IN3O2. The lowest BCUT2D eigenvalue weighted by Gasteiger charge is -2.22. The molecule has 0 radical (unpaired) electrons. The van der Waals surface area contributed by atoms with Crippen LogP contribution in [0.3, 0.4) is 0 Å². The van der Waals surface area contributed by atoms with Gasteiger partial charge < -0.3 is 19.7 Å². The number of nitrogens with one attached hydrogen (secondary N) is 1. The molecule has 29 heavy (non-hydrogen) atoms. The highest BCUT2D eigenvalue weighted by Crippen LogP contribution is 2.27. The summed E-state index contributed by atoms with van der Waals surface area (Å²) in [4.78, 5) is 6.20. The van der Waals surface area contributed by atoms with Crippen LogP contribution in [0.5, 0.6) is 11.5 Å². The zero-order chi connectivity index (χ0) is 20.5. The molecule has 0 fully saturated rings. The van der Waals surface area contributed by atoms with Crippen LogP contribution in [0, 0.1) is 11.6 Å². The second-order valence-corrected chi connectivity index (χ2v) is 6.29. The molecule has 1 N–H and O–H groups in total. The van der Waals surface area contributed by atoms with Crippen molar-refractivity contribution in [3.63, 3.8) is 0 Å². The summed E-state index contributed by atoms with van der Waals surface area (Å²) in [6.07, 6.45) is 1.01. The van der Waals surface area contributed by atoms with E-state index in [1.165, 1.54) is 18.2 Å². The molecular weight excluding hydrogens is 491 g/mol. The minimum Gasteiger partial charge on any atom is -0.493 e. The van der Waals surface area contributed by atoms with Crippen molar-refractivity contribution < 1.29 is 18.3 Å². The molecule has 0 amide bonds. The number of hydrogen-bond donors (Lipinski definition) is 1. The Kier molecular flexibility index (Phi) is 10.7. The molecule has 0 aromatic heterocycles. The Morgan fingerprint density at radius 2 is 1.69 bits per heavy atom. The van der Waals surface area contributed by atoms with E-state index in [1.807, 2.05) is 30.1 Å². The van der Waals surface area contributed by atoms with Gasteiger partial charge in [0.1, 0.15) is 11.6 Å². The number of guanidine groups is 1. The Balaban J connectivity index is 0.00000420. The maximum absolute atomic E-state index is 13.7. The van der Waals surface area contributed by atoms with Crippen molar-refractivity contribution in [3.8, 4) is 11.5 Å². The molecule has 0 saturated carbocycles. The van der Waals surface area contributed by atoms with Crippen molar-refractivity contribution in [1.29, 1.82) is 0 Å². The van der Waals surface area contributed by atoms with Gasteiger partial charge in [0.05, 0.1) is 14.2 Å². The zero-order valence-electron chi connectivity index (χ0n) is 17.2. The van der Waals surface area contributed by atoms with Gasteiger partial charge in [-0.05, 0) is 42.7 Å². The average molecular weight is 519 g/mol. The van der Waals surface area contributed by atoms with Crippen molar-refractivity contribution >= 4 is 29.9 Å². The number of benzene rings is 2. The van der Waals surface area contributed by atoms with Gasteiger partial charge in [0.25, 0.3) is 0 Å². The first-order valence-electron chi connectivity index (χ1n) is 9.05. The maximum Gasteiger partial charge on any atom is 0.193 e. The lowest BCUT2D eigenvalue weighted by molar-refractivity contribution is 0.354. The fraction of sp³-hybridized carbons (Fsp3) is 0.381. The summed E-state index contributed by atoms with van der Waals surface area (Å²) >= 11 is 0. The monoisotopic (exact) mass is 519 g/mol. The van der Waals surface area contributed by atoms with Gasteiger partial charge >= 0.3 is 0 Å². The van der Waals surface area contributed by atoms with Crippen LogP contribution in [0.15, 0.2) is 41.4 Å². The number of rotatable bonds is 8. The molecule has 8 heteroatoms. The summed E-state index contributed by atoms with van der Waals surface area (Å²) in [5, 5.41) is 3.15. The van der Waals surface area contributed by atoms with E-state index in [1.54, 1.807) is 21.3 Å². The van der Waals surface area contributed by atoms with E-state index in [4.69, 9.17) is 9.47 Å². The largest absolute Gasteiger partial charge is 0.493 e. The van der Waals surface area contributed by atoms with E-state index < -0.39 is 11.6 Å². The highest BCUT2D eigenvalue weighted by Gasteiger charge is 2.11. The second kappa shape index (κ2) is 12.5. The molecule has 0 aliphatic rings. The van der Waals surface area contributed by atoms with Crippen LogP contribution < -0.4 is 14.8 Å². The standard InChI is InChI=1S/C21H27F2N3O2.HI/c1-24-21(25-12-10-16-17(22)6-5-7-18(16)23)26(2)13-11-15-8-9-19(27-3)20(14-15)28-4;/h5-9,14H,10-13H2,1-4H3,(H,24,25);1H. The number of hydrogen-bond acceptors (Lipinski definition) is 3. The lowest BCUT2D eigenvalue weighted by atomic mass is 10.1. The van der Waals surface area contributed by atoms with E-state index in [9.17, 15) is 8.78 Å². The third-order valence-electron chi connectivity index (χ3n) is 4.48. The summed E-state index contributed by atoms with van der Waals surface area (Å²) in [5.41, 5.74) is 1.19. The van der Waals surface area contributed by atoms with Crippen molar-refractivity contribution in [2.75, 3.05) is 41.4 Å². The van der Waals surface area contributed by atoms with Crippen LogP contribution in [0.25, 0.3) is 0 Å². The lowest BCUT2D eigenvalue weighted by Crippen LogP contribution is -2.40. The Bertz CT molecular complexity index is 798. The summed E-state index contributed by atoms with van der Waals surface area (Å²) in [6.45, 7) is 1.09. The number of halogens is 3. The van der Waals surface area contributed by atoms with Crippen molar-refractivity contribution in [1.82, 2.24) is 10.2 Å². The zero-order valence-corrected chi connectivity index (χ0v) is 19.5. The maximum atomic E-state index is 13.7. The van der Waals surface area contributed by atoms with Gasteiger partial charge in [0, 0.05) is 32.7 Å². The molecule has 2 rings (SSSR count). The van der Waals surface area contributed by atoms with Gasteiger partial charge in [-0.25, -0.2) is 8.78 Å². The number of nitrogens with zero attached hydrogens (tertiary/aromatic N) is 2. The molecule has 0 saturated heterocycles. The quantitative estimate of drug-likeness (QED) is 0.327. The number of methoxy groups -OCH3 is 2. The molecule has 2 aromatic carbocycles. The summed E-state index contributed by atoms with van der Waals surface area (Å²) in [6, 6.07) is 9.72. The molecule has 0 unspecified atom stereocenters. The fourth-order valence-corrected chi connectivity index (χ4v) is 2.89. The van der Waals surface area contributed by atoms with E-state index in [-0.39, 0.29) is 36.0 Å². The van der Waals surface area contributed by atoms with E-state index >= 15 is 0 Å². The summed E-state index contributed by atoms with van der Waals surface area (Å²) in [7, 11) is 6.81. The predicted octanol–water partition coefficient (Wildman–Crippen LogP) is 3.89. The van der Waals surface area contributed by atoms with Crippen molar-refractivity contribution in [2.24, 2.45) is 4.99 Å². The first kappa shape index (κ1) is 24.9. The molecule has 0 heterocycles. The molecule has 0 spiro atoms. The Morgan fingerprint density at radius 3 is 2.28 bits per heavy atom. The number of likely N-dealkylation sites (N-methyl/N-ethyl adjacent to an activating group) is 1. The third-order valence-corrected chi connectivity index (χ3v) is 4.48. The van der Waals surface area contributed by atoms with Crippen LogP contribution in [0.4, 0.5) is 8.78 Å². The number of ether oxygens (including phenoxy) is 2. The van der Waals surface area contributed by atoms with Crippen LogP contribution in [-0.4, -0.2) is 52.3 Å². The van der Waals surface area contributed by atoms with Gasteiger partial charge in [-0.3, -0.25) is 4.99 Å². The van der Waals surface area contributed by atoms with Crippen LogP contribution in [-0.2, 0) is 12.8 Å². The third kappa shape index (κ3) is 7.02. The van der Waals surface area contributed by atoms with Gasteiger partial charge in [-0.2, -0.15) is 0 Å². The Labute approximate surface area is 188 Å². The highest BCUT2D eigenvalue weighted by atomic mass is 127. The van der Waals surface area contributed by atoms with Crippen LogP contribution >= 0.6 is 24.0 Å². The van der Waals surface area contributed by atoms with E-state index in [0.29, 0.717) is 30.5 Å². The predicted molar refractivity (Wildman–Crippen MR) is 123 cm³/mol.